The number of fused-ring (bicyclic) bond motifs is 1. The number of carbonyl (C=O) groups excluding carboxylic acids is 4. The third-order valence-electron chi connectivity index (χ3n) is 13.8. The van der Waals surface area contributed by atoms with Crippen LogP contribution in [0.4, 0.5) is 11.6 Å². The van der Waals surface area contributed by atoms with Gasteiger partial charge in [0, 0.05) is 67.4 Å². The van der Waals surface area contributed by atoms with Crippen molar-refractivity contribution in [1.82, 2.24) is 25.1 Å². The molecular formula is C48H51ClN8O5. The van der Waals surface area contributed by atoms with Crippen LogP contribution in [0.25, 0.3) is 0 Å². The molecule has 0 saturated carbocycles. The van der Waals surface area contributed by atoms with Crippen LogP contribution < -0.4 is 19.9 Å². The Kier molecular flexibility index (Phi) is 11.5. The highest BCUT2D eigenvalue weighted by Crippen LogP contribution is 2.37. The van der Waals surface area contributed by atoms with Gasteiger partial charge >= 0.3 is 0 Å². The van der Waals surface area contributed by atoms with Crippen molar-refractivity contribution in [2.24, 2.45) is 17.8 Å². The van der Waals surface area contributed by atoms with E-state index >= 15 is 0 Å². The molecule has 1 atom stereocenters. The number of halogens is 1. The van der Waals surface area contributed by atoms with Gasteiger partial charge in [0.2, 0.25) is 17.8 Å². The summed E-state index contributed by atoms with van der Waals surface area (Å²) in [5, 5.41) is 12.2. The van der Waals surface area contributed by atoms with E-state index in [0.717, 1.165) is 104 Å². The fourth-order valence-electron chi connectivity index (χ4n) is 10.0. The fraction of sp³-hybridized carbons (Fsp3) is 0.438. The number of likely N-dealkylation sites (tertiary alicyclic amines) is 1. The van der Waals surface area contributed by atoms with Crippen molar-refractivity contribution >= 4 is 46.9 Å². The fourth-order valence-corrected chi connectivity index (χ4v) is 10.3. The van der Waals surface area contributed by atoms with Crippen LogP contribution in [-0.4, -0.2) is 95.3 Å². The summed E-state index contributed by atoms with van der Waals surface area (Å²) in [5.41, 5.74) is 4.66. The third-order valence-corrected chi connectivity index (χ3v) is 14.0. The molecule has 4 aromatic rings. The summed E-state index contributed by atoms with van der Waals surface area (Å²) in [5.74, 6) is 1.58. The van der Waals surface area contributed by atoms with Gasteiger partial charge < -0.3 is 19.4 Å². The number of benzene rings is 3. The maximum atomic E-state index is 13.3. The molecule has 1 aromatic heterocycles. The normalized spacial score (nSPS) is 20.5. The first-order valence-electron chi connectivity index (χ1n) is 21.8. The van der Waals surface area contributed by atoms with Gasteiger partial charge in [0.25, 0.3) is 11.8 Å². The number of carbonyl (C=O) groups is 4. The lowest BCUT2D eigenvalue weighted by molar-refractivity contribution is -0.136. The molecule has 62 heavy (non-hydrogen) atoms. The second-order valence-corrected chi connectivity index (χ2v) is 18.5. The third kappa shape index (κ3) is 8.38. The van der Waals surface area contributed by atoms with Crippen LogP contribution in [0, 0.1) is 29.1 Å². The summed E-state index contributed by atoms with van der Waals surface area (Å²) < 4.78 is 6.16. The molecular weight excluding hydrogens is 804 g/mol. The van der Waals surface area contributed by atoms with Crippen LogP contribution in [0.1, 0.15) is 95.5 Å². The molecule has 1 unspecified atom stereocenters. The van der Waals surface area contributed by atoms with Crippen LogP contribution in [-0.2, 0) is 21.6 Å². The van der Waals surface area contributed by atoms with Crippen LogP contribution in [0.2, 0.25) is 5.02 Å². The molecule has 0 spiro atoms. The number of piperidine rings is 3. The van der Waals surface area contributed by atoms with E-state index in [4.69, 9.17) is 21.3 Å². The van der Waals surface area contributed by atoms with E-state index in [9.17, 15) is 24.4 Å². The molecule has 1 N–H and O–H groups in total. The van der Waals surface area contributed by atoms with E-state index < -0.39 is 23.8 Å². The lowest BCUT2D eigenvalue weighted by Crippen LogP contribution is -2.54. The van der Waals surface area contributed by atoms with Gasteiger partial charge in [-0.05, 0) is 123 Å². The highest BCUT2D eigenvalue weighted by Gasteiger charge is 2.45. The molecule has 0 radical (unpaired) electrons. The quantitative estimate of drug-likeness (QED) is 0.168. The SMILES string of the molecule is CC(C)(c1ccc(OCc2ccnc(N3CCC(C4CCN(CC5CN(c6ccc7c(c6)C(=O)N(C6CCC(=O)NC6=O)C7=O)C5)CC4)CC3)n2)cc1)c1cc(Cl)cc(C#N)c1. The number of hydrogen-bond acceptors (Lipinski definition) is 11. The summed E-state index contributed by atoms with van der Waals surface area (Å²) in [6.07, 6.45) is 6.79. The molecule has 6 heterocycles. The van der Waals surface area contributed by atoms with Gasteiger partial charge in [-0.15, -0.1) is 0 Å². The maximum absolute atomic E-state index is 13.3. The van der Waals surface area contributed by atoms with Gasteiger partial charge in [0.05, 0.1) is 28.5 Å². The lowest BCUT2D eigenvalue weighted by atomic mass is 9.78. The van der Waals surface area contributed by atoms with Crippen LogP contribution in [0.3, 0.4) is 0 Å². The van der Waals surface area contributed by atoms with Crippen molar-refractivity contribution in [3.63, 3.8) is 0 Å². The Balaban J connectivity index is 0.701. The highest BCUT2D eigenvalue weighted by atomic mass is 35.5. The van der Waals surface area contributed by atoms with Crippen molar-refractivity contribution < 1.29 is 23.9 Å². The Morgan fingerprint density at radius 1 is 0.823 bits per heavy atom. The van der Waals surface area contributed by atoms with E-state index in [1.165, 1.54) is 12.8 Å². The minimum atomic E-state index is -0.959. The zero-order valence-corrected chi connectivity index (χ0v) is 35.9. The van der Waals surface area contributed by atoms with Crippen LogP contribution in [0.15, 0.2) is 72.9 Å². The van der Waals surface area contributed by atoms with Gasteiger partial charge in [-0.3, -0.25) is 29.4 Å². The zero-order chi connectivity index (χ0) is 43.1. The van der Waals surface area contributed by atoms with Crippen molar-refractivity contribution in [2.75, 3.05) is 55.6 Å². The number of nitriles is 1. The van der Waals surface area contributed by atoms with Crippen LogP contribution in [0.5, 0.6) is 5.75 Å². The van der Waals surface area contributed by atoms with E-state index in [0.29, 0.717) is 40.2 Å². The van der Waals surface area contributed by atoms with Crippen molar-refractivity contribution in [1.29, 1.82) is 5.26 Å². The first-order chi connectivity index (χ1) is 29.9. The van der Waals surface area contributed by atoms with E-state index in [2.05, 4.69) is 57.0 Å². The first kappa shape index (κ1) is 41.5. The predicted octanol–water partition coefficient (Wildman–Crippen LogP) is 6.37. The number of ether oxygens (including phenoxy) is 1. The van der Waals surface area contributed by atoms with E-state index in [1.807, 2.05) is 42.6 Å². The highest BCUT2D eigenvalue weighted by molar-refractivity contribution is 6.30. The molecule has 320 valence electrons. The predicted molar refractivity (Wildman–Crippen MR) is 234 cm³/mol. The number of imide groups is 2. The van der Waals surface area contributed by atoms with Crippen molar-refractivity contribution in [3.8, 4) is 11.8 Å². The topological polar surface area (TPSA) is 152 Å². The molecule has 5 aliphatic rings. The number of hydrogen-bond donors (Lipinski definition) is 1. The molecule has 0 aliphatic carbocycles. The standard InChI is InChI=1S/C48H51ClN8O5/c1-48(2,35-21-30(25-50)22-36(49)23-35)34-3-6-39(7-4-34)62-29-37-11-16-51-47(52-37)55-19-14-33(15-20-55)32-12-17-54(18-13-32)26-31-27-56(28-31)38-5-8-40-41(24-38)46(61)57(45(40)60)42-9-10-43(58)53-44(42)59/h3-8,11,16,21-24,31-33,42H,9-10,12-15,17-20,26-29H2,1-2H3,(H,53,58,59). The molecule has 0 bridgehead atoms. The molecule has 5 aliphatic heterocycles. The lowest BCUT2D eigenvalue weighted by Gasteiger charge is -2.45. The number of rotatable bonds is 11. The molecule has 9 rings (SSSR count). The summed E-state index contributed by atoms with van der Waals surface area (Å²) in [4.78, 5) is 68.2. The summed E-state index contributed by atoms with van der Waals surface area (Å²) in [6, 6.07) is 22.1. The average Bonchev–Trinajstić information content (AvgIpc) is 3.51. The van der Waals surface area contributed by atoms with Crippen LogP contribution >= 0.6 is 11.6 Å². The number of amides is 4. The largest absolute Gasteiger partial charge is 0.487 e. The van der Waals surface area contributed by atoms with Gasteiger partial charge in [-0.1, -0.05) is 37.6 Å². The molecule has 4 amide bonds. The maximum Gasteiger partial charge on any atom is 0.262 e. The second kappa shape index (κ2) is 17.1. The van der Waals surface area contributed by atoms with Gasteiger partial charge in [0.1, 0.15) is 18.4 Å². The van der Waals surface area contributed by atoms with E-state index in [-0.39, 0.29) is 24.2 Å². The van der Waals surface area contributed by atoms with Gasteiger partial charge in [0.15, 0.2) is 0 Å². The molecule has 4 saturated heterocycles. The summed E-state index contributed by atoms with van der Waals surface area (Å²) in [6.45, 7) is 11.6. The first-order valence-corrected chi connectivity index (χ1v) is 22.2. The molecule has 14 heteroatoms. The molecule has 3 aromatic carbocycles. The average molecular weight is 855 g/mol. The number of anilines is 2. The number of nitrogens with zero attached hydrogens (tertiary/aromatic N) is 7. The Morgan fingerprint density at radius 2 is 1.53 bits per heavy atom. The zero-order valence-electron chi connectivity index (χ0n) is 35.2. The smallest absolute Gasteiger partial charge is 0.262 e. The summed E-state index contributed by atoms with van der Waals surface area (Å²) >= 11 is 6.31. The second-order valence-electron chi connectivity index (χ2n) is 18.0. The Bertz CT molecular complexity index is 2430. The minimum absolute atomic E-state index is 0.102. The minimum Gasteiger partial charge on any atom is -0.487 e. The van der Waals surface area contributed by atoms with Gasteiger partial charge in [-0.25, -0.2) is 9.97 Å². The Morgan fingerprint density at radius 3 is 2.24 bits per heavy atom. The molecule has 4 fully saturated rings. The summed E-state index contributed by atoms with van der Waals surface area (Å²) in [7, 11) is 0. The Hall–Kier alpha value is -5.84. The van der Waals surface area contributed by atoms with Crippen molar-refractivity contribution in [2.45, 2.75) is 70.4 Å². The monoisotopic (exact) mass is 854 g/mol. The number of aromatic nitrogens is 2. The number of nitrogens with one attached hydrogen (secondary N) is 1. The van der Waals surface area contributed by atoms with Crippen molar-refractivity contribution in [3.05, 3.63) is 111 Å². The van der Waals surface area contributed by atoms with Gasteiger partial charge in [-0.2, -0.15) is 5.26 Å². The molecule has 13 nitrogen and oxygen atoms in total. The Labute approximate surface area is 367 Å². The van der Waals surface area contributed by atoms with E-state index in [1.54, 1.807) is 18.2 Å².